The van der Waals surface area contributed by atoms with Gasteiger partial charge in [-0.15, -0.1) is 13.2 Å². The summed E-state index contributed by atoms with van der Waals surface area (Å²) in [6.45, 7) is 12.3. The number of carbonyl (C=O) groups excluding carboxylic acids is 1. The molecule has 0 aliphatic rings. The average Bonchev–Trinajstić information content (AvgIpc) is 2.14. The highest BCUT2D eigenvalue weighted by atomic mass is 16.1. The molecule has 0 rings (SSSR count). The lowest BCUT2D eigenvalue weighted by Gasteiger charge is -2.26. The second-order valence-corrected chi connectivity index (χ2v) is 2.50. The van der Waals surface area contributed by atoms with Crippen LogP contribution in [0.25, 0.3) is 0 Å². The van der Waals surface area contributed by atoms with E-state index in [0.29, 0.717) is 19.5 Å². The first-order valence-corrected chi connectivity index (χ1v) is 4.08. The van der Waals surface area contributed by atoms with E-state index in [9.17, 15) is 4.79 Å². The Morgan fingerprint density at radius 1 is 1.23 bits per heavy atom. The molecule has 0 saturated heterocycles. The van der Waals surface area contributed by atoms with Crippen LogP contribution < -0.4 is 5.32 Å². The van der Waals surface area contributed by atoms with Crippen LogP contribution >= 0.6 is 0 Å². The van der Waals surface area contributed by atoms with Gasteiger partial charge in [0.1, 0.15) is 6.17 Å². The molecule has 0 aromatic rings. The van der Waals surface area contributed by atoms with Gasteiger partial charge >= 0.3 is 0 Å². The Morgan fingerprint density at radius 2 is 1.77 bits per heavy atom. The molecule has 0 aromatic carbocycles. The van der Waals surface area contributed by atoms with E-state index in [2.05, 4.69) is 25.1 Å². The van der Waals surface area contributed by atoms with Gasteiger partial charge in [-0.1, -0.05) is 24.8 Å². The van der Waals surface area contributed by atoms with E-state index < -0.39 is 0 Å². The highest BCUT2D eigenvalue weighted by Crippen LogP contribution is 1.97. The number of rotatable bonds is 8. The Balaban J connectivity index is 4.25. The quantitative estimate of drug-likeness (QED) is 0.342. The maximum Gasteiger partial charge on any atom is 0.208 e. The first kappa shape index (κ1) is 11.6. The smallest absolute Gasteiger partial charge is 0.208 e. The Morgan fingerprint density at radius 3 is 2.08 bits per heavy atom. The fourth-order valence-corrected chi connectivity index (χ4v) is 1.03. The first-order chi connectivity index (χ1) is 6.29. The molecule has 0 saturated carbocycles. The van der Waals surface area contributed by atoms with Crippen LogP contribution in [0.4, 0.5) is 0 Å². The minimum Gasteiger partial charge on any atom is -0.340 e. The van der Waals surface area contributed by atoms with Gasteiger partial charge in [0.05, 0.1) is 0 Å². The fraction of sp³-hybridized carbons (Fsp3) is 0.300. The average molecular weight is 180 g/mol. The molecule has 0 spiro atoms. The summed E-state index contributed by atoms with van der Waals surface area (Å²) in [6.07, 6.45) is 5.71. The van der Waals surface area contributed by atoms with E-state index >= 15 is 0 Å². The molecule has 0 fully saturated rings. The first-order valence-electron chi connectivity index (χ1n) is 4.08. The van der Waals surface area contributed by atoms with Crippen molar-refractivity contribution >= 4 is 6.41 Å². The second kappa shape index (κ2) is 7.31. The van der Waals surface area contributed by atoms with E-state index in [1.807, 2.05) is 4.90 Å². The second-order valence-electron chi connectivity index (χ2n) is 2.50. The van der Waals surface area contributed by atoms with Crippen LogP contribution in [0, 0.1) is 0 Å². The standard InChI is InChI=1S/C10H16N2O/c1-4-7-12(8-5-2)10(6-3)11-9-13/h4-6,9-10H,1-3,7-8H2,(H,11,13). The molecule has 1 atom stereocenters. The molecule has 0 aliphatic carbocycles. The highest BCUT2D eigenvalue weighted by molar-refractivity contribution is 5.47. The highest BCUT2D eigenvalue weighted by Gasteiger charge is 2.10. The fourth-order valence-electron chi connectivity index (χ4n) is 1.03. The molecule has 1 N–H and O–H groups in total. The number of hydrogen-bond acceptors (Lipinski definition) is 2. The van der Waals surface area contributed by atoms with Gasteiger partial charge in [-0.25, -0.2) is 0 Å². The van der Waals surface area contributed by atoms with Crippen molar-refractivity contribution in [1.82, 2.24) is 10.2 Å². The summed E-state index contributed by atoms with van der Waals surface area (Å²) < 4.78 is 0. The molecule has 3 heteroatoms. The summed E-state index contributed by atoms with van der Waals surface area (Å²) in [6, 6.07) is 0. The number of amides is 1. The van der Waals surface area contributed by atoms with Gasteiger partial charge in [-0.2, -0.15) is 0 Å². The zero-order valence-electron chi connectivity index (χ0n) is 7.78. The maximum absolute atomic E-state index is 10.2. The molecule has 1 amide bonds. The topological polar surface area (TPSA) is 32.3 Å². The summed E-state index contributed by atoms with van der Waals surface area (Å²) >= 11 is 0. The van der Waals surface area contributed by atoms with Gasteiger partial charge < -0.3 is 5.32 Å². The van der Waals surface area contributed by atoms with Gasteiger partial charge in [0, 0.05) is 13.1 Å². The van der Waals surface area contributed by atoms with E-state index in [4.69, 9.17) is 0 Å². The third kappa shape index (κ3) is 4.28. The molecule has 13 heavy (non-hydrogen) atoms. The Hall–Kier alpha value is -1.35. The molecule has 3 nitrogen and oxygen atoms in total. The molecule has 0 heterocycles. The maximum atomic E-state index is 10.2. The molecule has 72 valence electrons. The van der Waals surface area contributed by atoms with Crippen LogP contribution in [0.15, 0.2) is 38.0 Å². The third-order valence-corrected chi connectivity index (χ3v) is 1.58. The summed E-state index contributed by atoms with van der Waals surface area (Å²) in [4.78, 5) is 12.2. The van der Waals surface area contributed by atoms with E-state index in [1.165, 1.54) is 0 Å². The summed E-state index contributed by atoms with van der Waals surface area (Å²) in [5, 5.41) is 2.63. The minimum absolute atomic E-state index is 0.159. The SMILES string of the molecule is C=CCN(CC=C)C(C=C)NC=O. The Labute approximate surface area is 79.4 Å². The summed E-state index contributed by atoms with van der Waals surface area (Å²) in [7, 11) is 0. The van der Waals surface area contributed by atoms with Gasteiger partial charge in [-0.3, -0.25) is 9.69 Å². The van der Waals surface area contributed by atoms with E-state index in [1.54, 1.807) is 18.2 Å². The number of carbonyl (C=O) groups is 1. The number of hydrogen-bond donors (Lipinski definition) is 1. The van der Waals surface area contributed by atoms with Gasteiger partial charge in [0.15, 0.2) is 0 Å². The monoisotopic (exact) mass is 180 g/mol. The summed E-state index contributed by atoms with van der Waals surface area (Å²) in [5.74, 6) is 0. The number of nitrogens with one attached hydrogen (secondary N) is 1. The Kier molecular flexibility index (Phi) is 6.55. The summed E-state index contributed by atoms with van der Waals surface area (Å²) in [5.41, 5.74) is 0. The lowest BCUT2D eigenvalue weighted by Crippen LogP contribution is -2.43. The van der Waals surface area contributed by atoms with Crippen LogP contribution in [0.1, 0.15) is 0 Å². The largest absolute Gasteiger partial charge is 0.340 e. The number of nitrogens with zero attached hydrogens (tertiary/aromatic N) is 1. The lowest BCUT2D eigenvalue weighted by atomic mass is 10.3. The van der Waals surface area contributed by atoms with Crippen molar-refractivity contribution in [1.29, 1.82) is 0 Å². The van der Waals surface area contributed by atoms with Crippen molar-refractivity contribution in [3.8, 4) is 0 Å². The van der Waals surface area contributed by atoms with E-state index in [0.717, 1.165) is 0 Å². The van der Waals surface area contributed by atoms with Crippen LogP contribution in [0.2, 0.25) is 0 Å². The molecule has 0 aromatic heterocycles. The van der Waals surface area contributed by atoms with Crippen LogP contribution in [-0.2, 0) is 4.79 Å². The van der Waals surface area contributed by atoms with Crippen LogP contribution in [0.3, 0.4) is 0 Å². The van der Waals surface area contributed by atoms with Crippen molar-refractivity contribution in [2.45, 2.75) is 6.17 Å². The Bertz CT molecular complexity index is 179. The molecular weight excluding hydrogens is 164 g/mol. The van der Waals surface area contributed by atoms with E-state index in [-0.39, 0.29) is 6.17 Å². The molecule has 0 bridgehead atoms. The van der Waals surface area contributed by atoms with Crippen molar-refractivity contribution in [2.75, 3.05) is 13.1 Å². The zero-order valence-corrected chi connectivity index (χ0v) is 7.78. The van der Waals surface area contributed by atoms with Crippen molar-refractivity contribution in [3.05, 3.63) is 38.0 Å². The van der Waals surface area contributed by atoms with Crippen molar-refractivity contribution < 1.29 is 4.79 Å². The third-order valence-electron chi connectivity index (χ3n) is 1.58. The van der Waals surface area contributed by atoms with Crippen LogP contribution in [-0.4, -0.2) is 30.6 Å². The lowest BCUT2D eigenvalue weighted by molar-refractivity contribution is -0.110. The van der Waals surface area contributed by atoms with Crippen molar-refractivity contribution in [2.24, 2.45) is 0 Å². The molecule has 0 radical (unpaired) electrons. The normalized spacial score (nSPS) is 11.8. The predicted molar refractivity (Wildman–Crippen MR) is 55.2 cm³/mol. The van der Waals surface area contributed by atoms with Crippen LogP contribution in [0.5, 0.6) is 0 Å². The zero-order chi connectivity index (χ0) is 10.1. The minimum atomic E-state index is -0.159. The van der Waals surface area contributed by atoms with Gasteiger partial charge in [-0.05, 0) is 0 Å². The molecule has 0 aliphatic heterocycles. The van der Waals surface area contributed by atoms with Gasteiger partial charge in [0.25, 0.3) is 0 Å². The van der Waals surface area contributed by atoms with Gasteiger partial charge in [0.2, 0.25) is 6.41 Å². The predicted octanol–water partition coefficient (Wildman–Crippen LogP) is 0.918. The molecule has 1 unspecified atom stereocenters. The van der Waals surface area contributed by atoms with Crippen molar-refractivity contribution in [3.63, 3.8) is 0 Å². The molecular formula is C10H16N2O.